The van der Waals surface area contributed by atoms with E-state index in [1.54, 1.807) is 20.3 Å². The Balaban J connectivity index is 2.03. The molecule has 0 bridgehead atoms. The first-order valence-corrected chi connectivity index (χ1v) is 8.18. The predicted molar refractivity (Wildman–Crippen MR) is 96.7 cm³/mol. The molecule has 0 spiro atoms. The fourth-order valence-electron chi connectivity index (χ4n) is 2.60. The second kappa shape index (κ2) is 8.37. The zero-order chi connectivity index (χ0) is 18.4. The van der Waals surface area contributed by atoms with Crippen LogP contribution in [-0.2, 0) is 6.42 Å². The highest BCUT2D eigenvalue weighted by Gasteiger charge is 2.14. The molecule has 1 amide bonds. The third kappa shape index (κ3) is 4.62. The Hall–Kier alpha value is -2.76. The number of methoxy groups -OCH3 is 2. The molecule has 2 rings (SSSR count). The molecule has 0 aliphatic heterocycles. The van der Waals surface area contributed by atoms with Crippen LogP contribution in [-0.4, -0.2) is 31.7 Å². The third-order valence-electron chi connectivity index (χ3n) is 3.92. The molecule has 0 saturated heterocycles. The minimum absolute atomic E-state index is 0.0560. The van der Waals surface area contributed by atoms with Crippen LogP contribution in [0.5, 0.6) is 11.5 Å². The molecule has 2 N–H and O–H groups in total. The van der Waals surface area contributed by atoms with Gasteiger partial charge in [0, 0.05) is 18.3 Å². The van der Waals surface area contributed by atoms with Crippen molar-refractivity contribution in [1.82, 2.24) is 10.3 Å². The van der Waals surface area contributed by atoms with Crippen LogP contribution in [0.15, 0.2) is 35.1 Å². The molecule has 1 heterocycles. The molecule has 0 saturated carbocycles. The molecule has 0 radical (unpaired) electrons. The molecule has 6 heteroatoms. The summed E-state index contributed by atoms with van der Waals surface area (Å²) < 4.78 is 10.5. The highest BCUT2D eigenvalue weighted by molar-refractivity contribution is 5.95. The predicted octanol–water partition coefficient (Wildman–Crippen LogP) is 2.49. The number of rotatable bonds is 7. The van der Waals surface area contributed by atoms with E-state index in [0.717, 1.165) is 5.56 Å². The zero-order valence-corrected chi connectivity index (χ0v) is 15.0. The first kappa shape index (κ1) is 18.6. The van der Waals surface area contributed by atoms with Crippen LogP contribution in [0, 0.1) is 0 Å². The van der Waals surface area contributed by atoms with Gasteiger partial charge in [-0.25, -0.2) is 0 Å². The molecule has 1 aromatic carbocycles. The van der Waals surface area contributed by atoms with Crippen molar-refractivity contribution in [2.45, 2.75) is 26.2 Å². The van der Waals surface area contributed by atoms with Crippen molar-refractivity contribution in [3.05, 3.63) is 57.5 Å². The van der Waals surface area contributed by atoms with Crippen LogP contribution in [0.25, 0.3) is 0 Å². The Bertz CT molecular complexity index is 796. The summed E-state index contributed by atoms with van der Waals surface area (Å²) in [6.45, 7) is 4.35. The fourth-order valence-corrected chi connectivity index (χ4v) is 2.60. The second-order valence-electron chi connectivity index (χ2n) is 6.00. The molecule has 0 aliphatic carbocycles. The lowest BCUT2D eigenvalue weighted by atomic mass is 10.0. The maximum Gasteiger partial charge on any atom is 0.253 e. The monoisotopic (exact) mass is 344 g/mol. The molecule has 1 aromatic heterocycles. The summed E-state index contributed by atoms with van der Waals surface area (Å²) in [4.78, 5) is 26.6. The number of hydrogen-bond donors (Lipinski definition) is 2. The lowest BCUT2D eigenvalue weighted by Crippen LogP contribution is -2.28. The Morgan fingerprint density at radius 2 is 1.84 bits per heavy atom. The van der Waals surface area contributed by atoms with Gasteiger partial charge in [0.2, 0.25) is 5.56 Å². The summed E-state index contributed by atoms with van der Waals surface area (Å²) in [5, 5.41) is 2.90. The molecule has 0 unspecified atom stereocenters. The maximum absolute atomic E-state index is 12.4. The molecule has 0 fully saturated rings. The first-order chi connectivity index (χ1) is 12.0. The van der Waals surface area contributed by atoms with E-state index >= 15 is 0 Å². The number of aromatic amines is 1. The summed E-state index contributed by atoms with van der Waals surface area (Å²) >= 11 is 0. The first-order valence-electron chi connectivity index (χ1n) is 8.18. The number of pyridine rings is 1. The van der Waals surface area contributed by atoms with Gasteiger partial charge in [-0.2, -0.15) is 0 Å². The number of carbonyl (C=O) groups excluding carboxylic acids is 1. The van der Waals surface area contributed by atoms with Crippen molar-refractivity contribution in [2.75, 3.05) is 20.8 Å². The lowest BCUT2D eigenvalue weighted by Gasteiger charge is -2.13. The van der Waals surface area contributed by atoms with E-state index in [2.05, 4.69) is 10.3 Å². The number of H-pyrrole nitrogens is 1. The SMILES string of the molecule is COc1ccc(CCNC(=O)c2ccc(=O)[nH]c2C(C)C)cc1OC. The lowest BCUT2D eigenvalue weighted by molar-refractivity contribution is 0.0952. The van der Waals surface area contributed by atoms with Crippen molar-refractivity contribution in [3.63, 3.8) is 0 Å². The van der Waals surface area contributed by atoms with Crippen LogP contribution < -0.4 is 20.3 Å². The quantitative estimate of drug-likeness (QED) is 0.809. The van der Waals surface area contributed by atoms with E-state index in [9.17, 15) is 9.59 Å². The molecule has 6 nitrogen and oxygen atoms in total. The van der Waals surface area contributed by atoms with E-state index in [-0.39, 0.29) is 17.4 Å². The highest BCUT2D eigenvalue weighted by atomic mass is 16.5. The van der Waals surface area contributed by atoms with Gasteiger partial charge >= 0.3 is 0 Å². The molecule has 2 aromatic rings. The summed E-state index contributed by atoms with van der Waals surface area (Å²) in [7, 11) is 3.18. The normalized spacial score (nSPS) is 10.6. The Labute approximate surface area is 147 Å². The average Bonchev–Trinajstić information content (AvgIpc) is 2.61. The number of hydrogen-bond acceptors (Lipinski definition) is 4. The number of ether oxygens (including phenoxy) is 2. The number of carbonyl (C=O) groups is 1. The van der Waals surface area contributed by atoms with E-state index < -0.39 is 0 Å². The van der Waals surface area contributed by atoms with Crippen LogP contribution in [0.3, 0.4) is 0 Å². The summed E-state index contributed by atoms with van der Waals surface area (Å²) in [5.74, 6) is 1.19. The van der Waals surface area contributed by atoms with E-state index in [0.29, 0.717) is 35.7 Å². The van der Waals surface area contributed by atoms with Gasteiger partial charge in [0.1, 0.15) is 0 Å². The van der Waals surface area contributed by atoms with Gasteiger partial charge in [0.25, 0.3) is 5.91 Å². The van der Waals surface area contributed by atoms with Gasteiger partial charge in [0.15, 0.2) is 11.5 Å². The average molecular weight is 344 g/mol. The van der Waals surface area contributed by atoms with E-state index in [1.807, 2.05) is 32.0 Å². The van der Waals surface area contributed by atoms with Crippen molar-refractivity contribution in [3.8, 4) is 11.5 Å². The minimum atomic E-state index is -0.203. The number of aromatic nitrogens is 1. The Morgan fingerprint density at radius 1 is 1.12 bits per heavy atom. The van der Waals surface area contributed by atoms with Gasteiger partial charge in [-0.1, -0.05) is 19.9 Å². The maximum atomic E-state index is 12.4. The van der Waals surface area contributed by atoms with Gasteiger partial charge in [-0.15, -0.1) is 0 Å². The highest BCUT2D eigenvalue weighted by Crippen LogP contribution is 2.27. The second-order valence-corrected chi connectivity index (χ2v) is 6.00. The third-order valence-corrected chi connectivity index (χ3v) is 3.92. The van der Waals surface area contributed by atoms with E-state index in [1.165, 1.54) is 6.07 Å². The molecule has 0 aliphatic rings. The van der Waals surface area contributed by atoms with Crippen molar-refractivity contribution in [2.24, 2.45) is 0 Å². The minimum Gasteiger partial charge on any atom is -0.493 e. The summed E-state index contributed by atoms with van der Waals surface area (Å²) in [6.07, 6.45) is 0.659. The molecule has 0 atom stereocenters. The topological polar surface area (TPSA) is 80.4 Å². The van der Waals surface area contributed by atoms with Crippen molar-refractivity contribution < 1.29 is 14.3 Å². The molecule has 134 valence electrons. The smallest absolute Gasteiger partial charge is 0.253 e. The van der Waals surface area contributed by atoms with Crippen LogP contribution in [0.4, 0.5) is 0 Å². The number of amides is 1. The molecular formula is C19H24N2O4. The fraction of sp³-hybridized carbons (Fsp3) is 0.368. The van der Waals surface area contributed by atoms with E-state index in [4.69, 9.17) is 9.47 Å². The van der Waals surface area contributed by atoms with Gasteiger partial charge in [-0.3, -0.25) is 9.59 Å². The van der Waals surface area contributed by atoms with Crippen LogP contribution >= 0.6 is 0 Å². The molecular weight excluding hydrogens is 320 g/mol. The standard InChI is InChI=1S/C19H24N2O4/c1-12(2)18-14(6-8-17(22)21-18)19(23)20-10-9-13-5-7-15(24-3)16(11-13)25-4/h5-8,11-12H,9-10H2,1-4H3,(H,20,23)(H,21,22). The summed E-state index contributed by atoms with van der Waals surface area (Å²) in [5.41, 5.74) is 1.98. The van der Waals surface area contributed by atoms with Gasteiger partial charge < -0.3 is 19.8 Å². The van der Waals surface area contributed by atoms with Crippen molar-refractivity contribution >= 4 is 5.91 Å². The Morgan fingerprint density at radius 3 is 2.48 bits per heavy atom. The zero-order valence-electron chi connectivity index (χ0n) is 15.0. The van der Waals surface area contributed by atoms with Crippen LogP contribution in [0.2, 0.25) is 0 Å². The largest absolute Gasteiger partial charge is 0.493 e. The number of nitrogens with one attached hydrogen (secondary N) is 2. The van der Waals surface area contributed by atoms with Gasteiger partial charge in [0.05, 0.1) is 19.8 Å². The van der Waals surface area contributed by atoms with Crippen molar-refractivity contribution in [1.29, 1.82) is 0 Å². The Kier molecular flexibility index (Phi) is 6.22. The number of benzene rings is 1. The van der Waals surface area contributed by atoms with Crippen LogP contribution in [0.1, 0.15) is 41.4 Å². The van der Waals surface area contributed by atoms with Gasteiger partial charge in [-0.05, 0) is 36.1 Å². The molecule has 25 heavy (non-hydrogen) atoms. The summed E-state index contributed by atoms with van der Waals surface area (Å²) in [6, 6.07) is 8.61.